The van der Waals surface area contributed by atoms with E-state index in [2.05, 4.69) is 96.2 Å². The molecule has 0 amide bonds. The van der Waals surface area contributed by atoms with Crippen LogP contribution in [0, 0.1) is 5.92 Å². The molecule has 2 aliphatic rings. The van der Waals surface area contributed by atoms with Gasteiger partial charge >= 0.3 is 26.2 Å². The normalized spacial score (nSPS) is 14.5. The Morgan fingerprint density at radius 2 is 1.47 bits per heavy atom. The minimum Gasteiger partial charge on any atom is -1.00 e. The van der Waals surface area contributed by atoms with E-state index in [0.717, 1.165) is 12.8 Å². The number of hydrogen-bond acceptors (Lipinski definition) is 0. The van der Waals surface area contributed by atoms with E-state index >= 15 is 0 Å². The summed E-state index contributed by atoms with van der Waals surface area (Å²) in [6.45, 7) is 14.2. The summed E-state index contributed by atoms with van der Waals surface area (Å²) in [4.78, 5) is 0. The van der Waals surface area contributed by atoms with Crippen LogP contribution in [0.25, 0.3) is 11.1 Å². The third kappa shape index (κ3) is 5.06. The SMILES string of the molecule is CC(C)(C)c1cc(CC2C=CC=C2)c(C(C)(C)C)c2c1-c1ccccc1C2.[Cl-].[Cl-].[Zr+2]. The molecule has 2 aromatic rings. The summed E-state index contributed by atoms with van der Waals surface area (Å²) < 4.78 is 0. The Balaban J connectivity index is 0.00000150. The van der Waals surface area contributed by atoms with Crippen LogP contribution in [0.15, 0.2) is 54.6 Å². The largest absolute Gasteiger partial charge is 2.00 e. The van der Waals surface area contributed by atoms with Crippen molar-refractivity contribution < 1.29 is 51.0 Å². The molecule has 2 aliphatic carbocycles. The first-order valence-electron chi connectivity index (χ1n) is 10.3. The summed E-state index contributed by atoms with van der Waals surface area (Å²) in [5, 5.41) is 0. The summed E-state index contributed by atoms with van der Waals surface area (Å²) in [5.74, 6) is 0.528. The van der Waals surface area contributed by atoms with Gasteiger partial charge in [0.1, 0.15) is 0 Å². The van der Waals surface area contributed by atoms with Crippen molar-refractivity contribution in [3.8, 4) is 11.1 Å². The zero-order valence-electron chi connectivity index (χ0n) is 18.9. The number of fused-ring (bicyclic) bond motifs is 3. The van der Waals surface area contributed by atoms with Gasteiger partial charge in [-0.05, 0) is 68.5 Å². The van der Waals surface area contributed by atoms with E-state index in [0.29, 0.717) is 5.92 Å². The van der Waals surface area contributed by atoms with Crippen LogP contribution < -0.4 is 24.8 Å². The van der Waals surface area contributed by atoms with Gasteiger partial charge in [-0.2, -0.15) is 0 Å². The van der Waals surface area contributed by atoms with Crippen LogP contribution in [0.1, 0.15) is 69.4 Å². The average Bonchev–Trinajstić information content (AvgIpc) is 3.18. The Hall–Kier alpha value is -0.617. The minimum atomic E-state index is 0. The molecule has 0 radical (unpaired) electrons. The van der Waals surface area contributed by atoms with Crippen LogP contribution in [-0.2, 0) is 49.9 Å². The number of benzene rings is 2. The second-order valence-electron chi connectivity index (χ2n) is 10.3. The summed E-state index contributed by atoms with van der Waals surface area (Å²) in [6, 6.07) is 11.6. The van der Waals surface area contributed by atoms with E-state index in [4.69, 9.17) is 0 Å². The Morgan fingerprint density at radius 3 is 2.03 bits per heavy atom. The van der Waals surface area contributed by atoms with E-state index in [9.17, 15) is 0 Å². The molecule has 3 heteroatoms. The molecule has 0 saturated carbocycles. The molecule has 2 aromatic carbocycles. The van der Waals surface area contributed by atoms with E-state index in [-0.39, 0.29) is 61.8 Å². The van der Waals surface area contributed by atoms with E-state index < -0.39 is 0 Å². The molecule has 0 aliphatic heterocycles. The van der Waals surface area contributed by atoms with Gasteiger partial charge in [-0.3, -0.25) is 0 Å². The fourth-order valence-corrected chi connectivity index (χ4v) is 4.95. The molecular formula is C27H32Cl2Zr. The molecule has 0 atom stereocenters. The summed E-state index contributed by atoms with van der Waals surface area (Å²) in [6.07, 6.45) is 11.2. The van der Waals surface area contributed by atoms with Crippen molar-refractivity contribution in [2.45, 2.75) is 65.2 Å². The Kier molecular flexibility index (Phi) is 9.04. The molecule has 4 rings (SSSR count). The van der Waals surface area contributed by atoms with E-state index in [1.165, 1.54) is 22.3 Å². The van der Waals surface area contributed by atoms with Gasteiger partial charge in [-0.25, -0.2) is 0 Å². The number of allylic oxidation sites excluding steroid dienone is 4. The predicted octanol–water partition coefficient (Wildman–Crippen LogP) is 1.14. The summed E-state index contributed by atoms with van der Waals surface area (Å²) in [7, 11) is 0. The molecular weight excluding hydrogens is 486 g/mol. The predicted molar refractivity (Wildman–Crippen MR) is 118 cm³/mol. The second kappa shape index (κ2) is 9.89. The molecule has 0 heterocycles. The molecule has 0 bridgehead atoms. The standard InChI is InChI=1S/C27H32.2ClH.Zr/c1-26(2,3)23-17-20(15-18-11-7-8-12-18)25(27(4,5)6)22-16-19-13-9-10-14-21(19)24(22)23;;;/h7-14,17-18H,15-16H2,1-6H3;2*1H;/q;;;+2/p-2. The van der Waals surface area contributed by atoms with E-state index in [1.54, 1.807) is 16.7 Å². The van der Waals surface area contributed by atoms with Crippen molar-refractivity contribution in [1.29, 1.82) is 0 Å². The zero-order valence-corrected chi connectivity index (χ0v) is 22.9. The van der Waals surface area contributed by atoms with Crippen molar-refractivity contribution in [2.75, 3.05) is 0 Å². The third-order valence-corrected chi connectivity index (χ3v) is 6.01. The number of halogens is 2. The maximum absolute atomic E-state index is 2.54. The maximum Gasteiger partial charge on any atom is 2.00 e. The Morgan fingerprint density at radius 1 is 0.867 bits per heavy atom. The first-order chi connectivity index (χ1) is 12.7. The Labute approximate surface area is 214 Å². The van der Waals surface area contributed by atoms with Gasteiger partial charge in [0.05, 0.1) is 0 Å². The number of hydrogen-bond donors (Lipinski definition) is 0. The fourth-order valence-electron chi connectivity index (χ4n) is 4.95. The molecule has 0 N–H and O–H groups in total. The van der Waals surface area contributed by atoms with E-state index in [1.807, 2.05) is 0 Å². The molecule has 0 aromatic heterocycles. The van der Waals surface area contributed by atoms with Crippen molar-refractivity contribution in [3.05, 3.63) is 82.5 Å². The van der Waals surface area contributed by atoms with Crippen molar-refractivity contribution in [1.82, 2.24) is 0 Å². The van der Waals surface area contributed by atoms with Gasteiger partial charge in [-0.15, -0.1) is 0 Å². The van der Waals surface area contributed by atoms with Gasteiger partial charge < -0.3 is 24.8 Å². The maximum atomic E-state index is 2.54. The van der Waals surface area contributed by atoms with Crippen LogP contribution in [0.4, 0.5) is 0 Å². The summed E-state index contributed by atoms with van der Waals surface area (Å²) in [5.41, 5.74) is 10.9. The minimum absolute atomic E-state index is 0. The van der Waals surface area contributed by atoms with Crippen molar-refractivity contribution >= 4 is 0 Å². The monoisotopic (exact) mass is 516 g/mol. The van der Waals surface area contributed by atoms with Gasteiger partial charge in [0, 0.05) is 0 Å². The fraction of sp³-hybridized carbons (Fsp3) is 0.407. The molecule has 0 unspecified atom stereocenters. The van der Waals surface area contributed by atoms with Gasteiger partial charge in [0.25, 0.3) is 0 Å². The molecule has 0 nitrogen and oxygen atoms in total. The van der Waals surface area contributed by atoms with Gasteiger partial charge in [0.15, 0.2) is 0 Å². The molecule has 0 spiro atoms. The Bertz CT molecular complexity index is 944. The van der Waals surface area contributed by atoms with Crippen LogP contribution in [0.2, 0.25) is 0 Å². The third-order valence-electron chi connectivity index (χ3n) is 6.01. The molecule has 30 heavy (non-hydrogen) atoms. The van der Waals surface area contributed by atoms with Crippen LogP contribution in [0.5, 0.6) is 0 Å². The first-order valence-corrected chi connectivity index (χ1v) is 10.3. The second-order valence-corrected chi connectivity index (χ2v) is 10.3. The van der Waals surface area contributed by atoms with Gasteiger partial charge in [0.2, 0.25) is 0 Å². The summed E-state index contributed by atoms with van der Waals surface area (Å²) >= 11 is 0. The van der Waals surface area contributed by atoms with Gasteiger partial charge in [-0.1, -0.05) is 96.2 Å². The van der Waals surface area contributed by atoms with Crippen LogP contribution >= 0.6 is 0 Å². The van der Waals surface area contributed by atoms with Crippen molar-refractivity contribution in [2.24, 2.45) is 5.92 Å². The first kappa shape index (κ1) is 27.4. The molecule has 0 saturated heterocycles. The molecule has 158 valence electrons. The topological polar surface area (TPSA) is 0 Å². The molecule has 0 fully saturated rings. The zero-order chi connectivity index (χ0) is 19.4. The van der Waals surface area contributed by atoms with Crippen molar-refractivity contribution in [3.63, 3.8) is 0 Å². The van der Waals surface area contributed by atoms with Crippen LogP contribution in [0.3, 0.4) is 0 Å². The smallest absolute Gasteiger partial charge is 1.00 e. The quantitative estimate of drug-likeness (QED) is 0.478. The average molecular weight is 519 g/mol. The number of rotatable bonds is 2. The van der Waals surface area contributed by atoms with Crippen LogP contribution in [-0.4, -0.2) is 0 Å².